The number of carbonyl (C=O) groups excluding carboxylic acids is 1. The lowest BCUT2D eigenvalue weighted by atomic mass is 9.47. The summed E-state index contributed by atoms with van der Waals surface area (Å²) in [6.07, 6.45) is 7.40. The van der Waals surface area contributed by atoms with Gasteiger partial charge in [-0.25, -0.2) is 0 Å². The van der Waals surface area contributed by atoms with Gasteiger partial charge in [0.1, 0.15) is 5.78 Å². The Labute approximate surface area is 106 Å². The van der Waals surface area contributed by atoms with E-state index < -0.39 is 0 Å². The second kappa shape index (κ2) is 3.96. The van der Waals surface area contributed by atoms with Crippen molar-refractivity contribution in [2.45, 2.75) is 60.3 Å². The molecule has 1 nitrogen and oxygen atoms in total. The van der Waals surface area contributed by atoms with E-state index in [1.165, 1.54) is 31.3 Å². The molecule has 0 saturated heterocycles. The molecule has 0 amide bonds. The maximum atomic E-state index is 12.3. The zero-order valence-corrected chi connectivity index (χ0v) is 12.0. The summed E-state index contributed by atoms with van der Waals surface area (Å²) < 4.78 is 0. The van der Waals surface area contributed by atoms with Crippen molar-refractivity contribution in [2.24, 2.45) is 22.7 Å². The summed E-state index contributed by atoms with van der Waals surface area (Å²) >= 11 is 0. The quantitative estimate of drug-likeness (QED) is 0.616. The first kappa shape index (κ1) is 12.9. The molecule has 17 heavy (non-hydrogen) atoms. The van der Waals surface area contributed by atoms with Gasteiger partial charge in [0, 0.05) is 0 Å². The van der Waals surface area contributed by atoms with Crippen molar-refractivity contribution in [1.82, 2.24) is 0 Å². The maximum Gasteiger partial charge on any atom is 0.140 e. The minimum atomic E-state index is -0.240. The highest BCUT2D eigenvalue weighted by Gasteiger charge is 2.55. The number of hydrogen-bond donors (Lipinski definition) is 0. The number of rotatable bonds is 1. The maximum absolute atomic E-state index is 12.3. The van der Waals surface area contributed by atoms with Crippen LogP contribution in [-0.4, -0.2) is 5.78 Å². The molecule has 3 atom stereocenters. The van der Waals surface area contributed by atoms with E-state index >= 15 is 0 Å². The molecule has 1 saturated carbocycles. The Bertz CT molecular complexity index is 364. The minimum Gasteiger partial charge on any atom is -0.299 e. The van der Waals surface area contributed by atoms with Crippen molar-refractivity contribution in [1.29, 1.82) is 0 Å². The van der Waals surface area contributed by atoms with E-state index in [9.17, 15) is 4.79 Å². The molecule has 1 heteroatoms. The highest BCUT2D eigenvalue weighted by atomic mass is 16.1. The van der Waals surface area contributed by atoms with Crippen LogP contribution in [0, 0.1) is 22.7 Å². The van der Waals surface area contributed by atoms with Crippen LogP contribution >= 0.6 is 0 Å². The Hall–Kier alpha value is -0.590. The smallest absolute Gasteiger partial charge is 0.140 e. The summed E-state index contributed by atoms with van der Waals surface area (Å²) in [5.74, 6) is 1.64. The largest absolute Gasteiger partial charge is 0.299 e. The Morgan fingerprint density at radius 3 is 2.59 bits per heavy atom. The molecule has 3 unspecified atom stereocenters. The normalized spacial score (nSPS) is 40.4. The van der Waals surface area contributed by atoms with Crippen LogP contribution in [0.2, 0.25) is 0 Å². The summed E-state index contributed by atoms with van der Waals surface area (Å²) in [5.41, 5.74) is 1.30. The number of Topliss-reactive ketones (excluding diaryl/α,β-unsaturated/α-hetero) is 1. The summed E-state index contributed by atoms with van der Waals surface area (Å²) in [4.78, 5) is 12.3. The highest BCUT2D eigenvalue weighted by molar-refractivity contribution is 5.86. The zero-order chi connectivity index (χ0) is 12.8. The van der Waals surface area contributed by atoms with E-state index in [2.05, 4.69) is 33.8 Å². The average molecular weight is 234 g/mol. The first-order valence-corrected chi connectivity index (χ1v) is 7.03. The van der Waals surface area contributed by atoms with E-state index in [-0.39, 0.29) is 10.8 Å². The number of fused-ring (bicyclic) bond motifs is 1. The van der Waals surface area contributed by atoms with E-state index in [0.717, 1.165) is 0 Å². The summed E-state index contributed by atoms with van der Waals surface area (Å²) in [7, 11) is 0. The molecule has 2 rings (SSSR count). The molecule has 2 aliphatic carbocycles. The van der Waals surface area contributed by atoms with Crippen LogP contribution in [0.4, 0.5) is 0 Å². The van der Waals surface area contributed by atoms with Gasteiger partial charge in [-0.15, -0.1) is 0 Å². The van der Waals surface area contributed by atoms with E-state index in [0.29, 0.717) is 17.6 Å². The molecule has 0 aliphatic heterocycles. The molecule has 1 fully saturated rings. The average Bonchev–Trinajstić information content (AvgIpc) is 2.26. The van der Waals surface area contributed by atoms with Crippen LogP contribution in [0.5, 0.6) is 0 Å². The molecule has 2 aliphatic rings. The highest BCUT2D eigenvalue weighted by Crippen LogP contribution is 2.60. The fourth-order valence-electron chi connectivity index (χ4n) is 4.04. The summed E-state index contributed by atoms with van der Waals surface area (Å²) in [5, 5.41) is 0. The van der Waals surface area contributed by atoms with Crippen molar-refractivity contribution in [3.05, 3.63) is 11.6 Å². The fourth-order valence-corrected chi connectivity index (χ4v) is 4.04. The number of hydrogen-bond acceptors (Lipinski definition) is 1. The van der Waals surface area contributed by atoms with Crippen molar-refractivity contribution in [2.75, 3.05) is 0 Å². The monoisotopic (exact) mass is 234 g/mol. The van der Waals surface area contributed by atoms with Gasteiger partial charge in [-0.05, 0) is 56.8 Å². The molecule has 0 bridgehead atoms. The predicted molar refractivity (Wildman–Crippen MR) is 71.8 cm³/mol. The Kier molecular flexibility index (Phi) is 3.00. The first-order chi connectivity index (χ1) is 7.81. The van der Waals surface area contributed by atoms with Crippen molar-refractivity contribution >= 4 is 5.78 Å². The van der Waals surface area contributed by atoms with Gasteiger partial charge in [0.05, 0.1) is 5.41 Å². The van der Waals surface area contributed by atoms with Gasteiger partial charge in [0.15, 0.2) is 0 Å². The molecule has 0 aromatic rings. The van der Waals surface area contributed by atoms with Crippen LogP contribution in [0.1, 0.15) is 60.3 Å². The molecule has 0 N–H and O–H groups in total. The van der Waals surface area contributed by atoms with Crippen molar-refractivity contribution < 1.29 is 4.79 Å². The second-order valence-electron chi connectivity index (χ2n) is 6.83. The fraction of sp³-hybridized carbons (Fsp3) is 0.812. The van der Waals surface area contributed by atoms with Gasteiger partial charge in [0.2, 0.25) is 0 Å². The third-order valence-corrected chi connectivity index (χ3v) is 6.00. The second-order valence-corrected chi connectivity index (χ2v) is 6.83. The molecule has 0 aromatic carbocycles. The van der Waals surface area contributed by atoms with Gasteiger partial charge < -0.3 is 0 Å². The van der Waals surface area contributed by atoms with Crippen LogP contribution in [-0.2, 0) is 4.79 Å². The van der Waals surface area contributed by atoms with Crippen molar-refractivity contribution in [3.63, 3.8) is 0 Å². The van der Waals surface area contributed by atoms with E-state index in [1.807, 2.05) is 0 Å². The summed E-state index contributed by atoms with van der Waals surface area (Å²) in [6.45, 7) is 10.9. The predicted octanol–water partition coefficient (Wildman–Crippen LogP) is 4.37. The van der Waals surface area contributed by atoms with Crippen LogP contribution in [0.25, 0.3) is 0 Å². The number of allylic oxidation sites excluding steroid dienone is 2. The van der Waals surface area contributed by atoms with E-state index in [1.54, 1.807) is 6.92 Å². The molecule has 0 heterocycles. The lowest BCUT2D eigenvalue weighted by molar-refractivity contribution is -0.134. The van der Waals surface area contributed by atoms with Gasteiger partial charge in [-0.2, -0.15) is 0 Å². The SMILES string of the molecule is CC(=O)C1(C)C2=CCCCC2CC(C)C1(C)C. The van der Waals surface area contributed by atoms with Gasteiger partial charge in [-0.3, -0.25) is 4.79 Å². The van der Waals surface area contributed by atoms with E-state index in [4.69, 9.17) is 0 Å². The standard InChI is InChI=1S/C16H26O/c1-11-10-13-8-6-7-9-14(13)16(5,12(2)17)15(11,3)4/h9,11,13H,6-8,10H2,1-5H3. The molecule has 0 radical (unpaired) electrons. The molecular weight excluding hydrogens is 208 g/mol. The Morgan fingerprint density at radius 2 is 2.00 bits per heavy atom. The van der Waals surface area contributed by atoms with Crippen LogP contribution in [0.3, 0.4) is 0 Å². The third kappa shape index (κ3) is 1.62. The van der Waals surface area contributed by atoms with Gasteiger partial charge >= 0.3 is 0 Å². The van der Waals surface area contributed by atoms with Crippen LogP contribution < -0.4 is 0 Å². The minimum absolute atomic E-state index is 0.0819. The third-order valence-electron chi connectivity index (χ3n) is 6.00. The van der Waals surface area contributed by atoms with Gasteiger partial charge in [-0.1, -0.05) is 32.4 Å². The molecule has 0 spiro atoms. The molecule has 0 aromatic heterocycles. The Morgan fingerprint density at radius 1 is 1.35 bits per heavy atom. The van der Waals surface area contributed by atoms with Gasteiger partial charge in [0.25, 0.3) is 0 Å². The Balaban J connectivity index is 2.54. The number of ketones is 1. The molecular formula is C16H26O. The topological polar surface area (TPSA) is 17.1 Å². The first-order valence-electron chi connectivity index (χ1n) is 7.03. The lowest BCUT2D eigenvalue weighted by Crippen LogP contribution is -2.52. The lowest BCUT2D eigenvalue weighted by Gasteiger charge is -2.55. The number of carbonyl (C=O) groups is 1. The summed E-state index contributed by atoms with van der Waals surface area (Å²) in [6, 6.07) is 0. The van der Waals surface area contributed by atoms with Crippen molar-refractivity contribution in [3.8, 4) is 0 Å². The molecule has 96 valence electrons. The van der Waals surface area contributed by atoms with Crippen LogP contribution in [0.15, 0.2) is 11.6 Å². The zero-order valence-electron chi connectivity index (χ0n) is 12.0.